The lowest BCUT2D eigenvalue weighted by Crippen LogP contribution is -2.22. The predicted octanol–water partition coefficient (Wildman–Crippen LogP) is 1.22. The molecule has 0 heterocycles. The van der Waals surface area contributed by atoms with E-state index in [0.29, 0.717) is 51.9 Å². The zero-order valence-corrected chi connectivity index (χ0v) is 13.6. The van der Waals surface area contributed by atoms with Gasteiger partial charge in [0.15, 0.2) is 0 Å². The molecule has 6 heteroatoms. The molecule has 0 aromatic rings. The molecule has 0 saturated carbocycles. The number of carbonyl (C=O) groups excluding carboxylic acids is 1. The Morgan fingerprint density at radius 3 is 2.10 bits per heavy atom. The largest absolute Gasteiger partial charge is 0.463 e. The van der Waals surface area contributed by atoms with Crippen LogP contribution in [0.2, 0.25) is 0 Å². The van der Waals surface area contributed by atoms with Crippen LogP contribution in [0, 0.1) is 11.8 Å². The van der Waals surface area contributed by atoms with E-state index < -0.39 is 0 Å². The number of hydrogen-bond donors (Lipinski definition) is 1. The summed E-state index contributed by atoms with van der Waals surface area (Å²) >= 11 is 0. The molecule has 0 bridgehead atoms. The Bertz CT molecular complexity index is 248. The van der Waals surface area contributed by atoms with Gasteiger partial charge in [0.05, 0.1) is 33.0 Å². The summed E-state index contributed by atoms with van der Waals surface area (Å²) < 4.78 is 20.5. The molecule has 0 aliphatic rings. The Balaban J connectivity index is 3.44. The number of ether oxygens (including phenoxy) is 4. The van der Waals surface area contributed by atoms with Gasteiger partial charge in [-0.25, -0.2) is 0 Å². The first-order chi connectivity index (χ1) is 10.1. The van der Waals surface area contributed by atoms with Crippen molar-refractivity contribution in [1.29, 1.82) is 0 Å². The van der Waals surface area contributed by atoms with Gasteiger partial charge in [0, 0.05) is 13.5 Å². The number of methoxy groups -OCH3 is 1. The van der Waals surface area contributed by atoms with Gasteiger partial charge in [-0.1, -0.05) is 13.8 Å². The topological polar surface area (TPSA) is 80.0 Å². The van der Waals surface area contributed by atoms with E-state index in [-0.39, 0.29) is 18.5 Å². The Kier molecular flexibility index (Phi) is 13.8. The average Bonchev–Trinajstić information content (AvgIpc) is 2.44. The molecule has 1 atom stereocenters. The lowest BCUT2D eigenvalue weighted by atomic mass is 9.94. The van der Waals surface area contributed by atoms with Crippen molar-refractivity contribution in [1.82, 2.24) is 0 Å². The Morgan fingerprint density at radius 2 is 1.57 bits per heavy atom. The highest BCUT2D eigenvalue weighted by atomic mass is 16.6. The number of rotatable bonds is 14. The highest BCUT2D eigenvalue weighted by molar-refractivity contribution is 5.69. The molecular formula is C15H31NO5. The minimum atomic E-state index is -0.203. The van der Waals surface area contributed by atoms with Gasteiger partial charge in [0.2, 0.25) is 0 Å². The molecule has 0 saturated heterocycles. The summed E-state index contributed by atoms with van der Waals surface area (Å²) in [4.78, 5) is 11.6. The van der Waals surface area contributed by atoms with E-state index in [4.69, 9.17) is 24.7 Å². The fourth-order valence-electron chi connectivity index (χ4n) is 1.90. The van der Waals surface area contributed by atoms with Crippen molar-refractivity contribution in [2.75, 3.05) is 53.3 Å². The van der Waals surface area contributed by atoms with Crippen LogP contribution in [0.4, 0.5) is 0 Å². The molecule has 0 aliphatic heterocycles. The van der Waals surface area contributed by atoms with E-state index >= 15 is 0 Å². The number of hydrogen-bond acceptors (Lipinski definition) is 6. The van der Waals surface area contributed by atoms with Crippen molar-refractivity contribution in [2.24, 2.45) is 17.6 Å². The van der Waals surface area contributed by atoms with E-state index in [1.54, 1.807) is 7.11 Å². The molecule has 0 aliphatic carbocycles. The van der Waals surface area contributed by atoms with Crippen molar-refractivity contribution in [3.05, 3.63) is 0 Å². The van der Waals surface area contributed by atoms with Gasteiger partial charge in [0.25, 0.3) is 0 Å². The molecule has 6 nitrogen and oxygen atoms in total. The fraction of sp³-hybridized carbons (Fsp3) is 0.933. The number of carbonyl (C=O) groups is 1. The monoisotopic (exact) mass is 305 g/mol. The van der Waals surface area contributed by atoms with Crippen LogP contribution >= 0.6 is 0 Å². The molecule has 0 fully saturated rings. The van der Waals surface area contributed by atoms with Crippen molar-refractivity contribution in [3.8, 4) is 0 Å². The second-order valence-electron chi connectivity index (χ2n) is 5.37. The molecule has 0 rings (SSSR count). The first kappa shape index (κ1) is 20.3. The lowest BCUT2D eigenvalue weighted by Gasteiger charge is -2.16. The van der Waals surface area contributed by atoms with Gasteiger partial charge in [-0.2, -0.15) is 0 Å². The molecule has 2 N–H and O–H groups in total. The summed E-state index contributed by atoms with van der Waals surface area (Å²) in [5.74, 6) is 0.534. The van der Waals surface area contributed by atoms with Crippen LogP contribution in [0.15, 0.2) is 0 Å². The van der Waals surface area contributed by atoms with Crippen molar-refractivity contribution < 1.29 is 23.7 Å². The van der Waals surface area contributed by atoms with Gasteiger partial charge >= 0.3 is 5.97 Å². The van der Waals surface area contributed by atoms with Crippen LogP contribution in [0.1, 0.15) is 26.7 Å². The van der Waals surface area contributed by atoms with Gasteiger partial charge < -0.3 is 24.7 Å². The third-order valence-corrected chi connectivity index (χ3v) is 2.89. The maximum absolute atomic E-state index is 11.6. The lowest BCUT2D eigenvalue weighted by molar-refractivity contribution is -0.146. The van der Waals surface area contributed by atoms with E-state index in [9.17, 15) is 4.79 Å². The summed E-state index contributed by atoms with van der Waals surface area (Å²) in [5, 5.41) is 0. The minimum Gasteiger partial charge on any atom is -0.463 e. The maximum atomic E-state index is 11.6. The summed E-state index contributed by atoms with van der Waals surface area (Å²) in [6.45, 7) is 7.56. The van der Waals surface area contributed by atoms with Gasteiger partial charge in [-0.15, -0.1) is 0 Å². The molecule has 0 radical (unpaired) electrons. The molecule has 21 heavy (non-hydrogen) atoms. The Morgan fingerprint density at radius 1 is 1.00 bits per heavy atom. The molecule has 0 unspecified atom stereocenters. The Hall–Kier alpha value is -0.690. The number of nitrogens with two attached hydrogens (primary N) is 1. The second-order valence-corrected chi connectivity index (χ2v) is 5.37. The molecule has 0 aromatic heterocycles. The normalized spacial score (nSPS) is 12.6. The van der Waals surface area contributed by atoms with E-state index in [1.165, 1.54) is 0 Å². The first-order valence-corrected chi connectivity index (χ1v) is 7.60. The zero-order chi connectivity index (χ0) is 15.9. The molecule has 126 valence electrons. The molecule has 0 amide bonds. The number of esters is 1. The van der Waals surface area contributed by atoms with Crippen LogP contribution in [0.3, 0.4) is 0 Å². The highest BCUT2D eigenvalue weighted by Gasteiger charge is 2.14. The van der Waals surface area contributed by atoms with Crippen molar-refractivity contribution in [2.45, 2.75) is 26.7 Å². The third-order valence-electron chi connectivity index (χ3n) is 2.89. The minimum absolute atomic E-state index is 0.201. The smallest absolute Gasteiger partial charge is 0.306 e. The standard InChI is InChI=1S/C15H31NO5/c1-13(2)10-14(12-16)11-15(17)21-9-8-20-7-6-19-5-4-18-3/h13-14H,4-12,16H2,1-3H3/t14-/m0/s1. The summed E-state index contributed by atoms with van der Waals surface area (Å²) in [7, 11) is 1.63. The molecule has 0 spiro atoms. The summed E-state index contributed by atoms with van der Waals surface area (Å²) in [6.07, 6.45) is 1.33. The van der Waals surface area contributed by atoms with Crippen LogP contribution < -0.4 is 5.73 Å². The third kappa shape index (κ3) is 14.0. The SMILES string of the molecule is COCCOCCOCCOC(=O)C[C@@H](CN)CC(C)C. The highest BCUT2D eigenvalue weighted by Crippen LogP contribution is 2.14. The van der Waals surface area contributed by atoms with E-state index in [0.717, 1.165) is 6.42 Å². The van der Waals surface area contributed by atoms with E-state index in [1.807, 2.05) is 0 Å². The van der Waals surface area contributed by atoms with Crippen LogP contribution in [-0.4, -0.2) is 59.3 Å². The van der Waals surface area contributed by atoms with Gasteiger partial charge in [-0.05, 0) is 24.8 Å². The average molecular weight is 305 g/mol. The Labute approximate surface area is 128 Å². The molecular weight excluding hydrogens is 274 g/mol. The summed E-state index contributed by atoms with van der Waals surface area (Å²) in [5.41, 5.74) is 5.66. The van der Waals surface area contributed by atoms with Crippen LogP contribution in [0.25, 0.3) is 0 Å². The van der Waals surface area contributed by atoms with Crippen molar-refractivity contribution >= 4 is 5.97 Å². The fourth-order valence-corrected chi connectivity index (χ4v) is 1.90. The van der Waals surface area contributed by atoms with Gasteiger partial charge in [0.1, 0.15) is 6.61 Å². The summed E-state index contributed by atoms with van der Waals surface area (Å²) in [6, 6.07) is 0. The van der Waals surface area contributed by atoms with Gasteiger partial charge in [-0.3, -0.25) is 4.79 Å². The zero-order valence-electron chi connectivity index (χ0n) is 13.6. The van der Waals surface area contributed by atoms with Crippen LogP contribution in [-0.2, 0) is 23.7 Å². The first-order valence-electron chi connectivity index (χ1n) is 7.60. The predicted molar refractivity (Wildman–Crippen MR) is 81.1 cm³/mol. The van der Waals surface area contributed by atoms with Crippen molar-refractivity contribution in [3.63, 3.8) is 0 Å². The van der Waals surface area contributed by atoms with E-state index in [2.05, 4.69) is 13.8 Å². The quantitative estimate of drug-likeness (QED) is 0.384. The van der Waals surface area contributed by atoms with Crippen LogP contribution in [0.5, 0.6) is 0 Å². The second kappa shape index (κ2) is 14.3. The maximum Gasteiger partial charge on any atom is 0.306 e. The molecule has 0 aromatic carbocycles.